The Morgan fingerprint density at radius 1 is 0.929 bits per heavy atom. The maximum atomic E-state index is 6.25. The fraction of sp³-hybridized carbons (Fsp3) is 0.136. The second kappa shape index (κ2) is 8.13. The number of nitrogens with zero attached hydrogens (tertiary/aromatic N) is 2. The highest BCUT2D eigenvalue weighted by Crippen LogP contribution is 2.28. The summed E-state index contributed by atoms with van der Waals surface area (Å²) in [6, 6.07) is 21.4. The van der Waals surface area contributed by atoms with Gasteiger partial charge in [-0.2, -0.15) is 0 Å². The fourth-order valence-corrected chi connectivity index (χ4v) is 3.36. The summed E-state index contributed by atoms with van der Waals surface area (Å²) in [4.78, 5) is 4.76. The summed E-state index contributed by atoms with van der Waals surface area (Å²) < 4.78 is 7.62. The predicted molar refractivity (Wildman–Crippen MR) is 116 cm³/mol. The van der Waals surface area contributed by atoms with E-state index in [0.717, 1.165) is 39.0 Å². The Morgan fingerprint density at radius 3 is 2.36 bits per heavy atom. The van der Waals surface area contributed by atoms with E-state index in [4.69, 9.17) is 32.9 Å². The number of fused-ring (bicyclic) bond motifs is 1. The number of hydrogen-bond donors (Lipinski definition) is 1. The van der Waals surface area contributed by atoms with Crippen molar-refractivity contribution in [1.82, 2.24) is 9.55 Å². The Balaban J connectivity index is 1.72. The number of rotatable bonds is 6. The van der Waals surface area contributed by atoms with Crippen LogP contribution >= 0.6 is 23.2 Å². The number of aromatic nitrogens is 2. The first-order valence-electron chi connectivity index (χ1n) is 9.03. The molecule has 0 unspecified atom stereocenters. The van der Waals surface area contributed by atoms with Gasteiger partial charge >= 0.3 is 0 Å². The van der Waals surface area contributed by atoms with Gasteiger partial charge in [0.2, 0.25) is 5.95 Å². The number of benzene rings is 3. The molecule has 1 heterocycles. The third-order valence-electron chi connectivity index (χ3n) is 4.39. The van der Waals surface area contributed by atoms with Crippen LogP contribution in [-0.2, 0) is 6.54 Å². The topological polar surface area (TPSA) is 39.1 Å². The van der Waals surface area contributed by atoms with Crippen LogP contribution in [0.15, 0.2) is 66.7 Å². The van der Waals surface area contributed by atoms with Crippen molar-refractivity contribution in [2.45, 2.75) is 13.5 Å². The molecule has 6 heteroatoms. The van der Waals surface area contributed by atoms with Gasteiger partial charge in [-0.05, 0) is 67.1 Å². The molecule has 0 aliphatic rings. The molecule has 4 nitrogen and oxygen atoms in total. The first-order valence-corrected chi connectivity index (χ1v) is 9.79. The summed E-state index contributed by atoms with van der Waals surface area (Å²) in [6.45, 7) is 3.24. The van der Waals surface area contributed by atoms with Crippen molar-refractivity contribution in [3.05, 3.63) is 82.3 Å². The first kappa shape index (κ1) is 18.7. The van der Waals surface area contributed by atoms with Gasteiger partial charge in [0.1, 0.15) is 5.75 Å². The van der Waals surface area contributed by atoms with Crippen LogP contribution < -0.4 is 10.1 Å². The van der Waals surface area contributed by atoms with Crippen molar-refractivity contribution >= 4 is 40.2 Å². The molecule has 4 aromatic rings. The average molecular weight is 412 g/mol. The van der Waals surface area contributed by atoms with Crippen molar-refractivity contribution in [3.8, 4) is 11.4 Å². The zero-order valence-corrected chi connectivity index (χ0v) is 16.8. The summed E-state index contributed by atoms with van der Waals surface area (Å²) in [7, 11) is 0. The Morgan fingerprint density at radius 2 is 1.64 bits per heavy atom. The van der Waals surface area contributed by atoms with E-state index in [1.165, 1.54) is 0 Å². The molecule has 1 aromatic heterocycles. The average Bonchev–Trinajstić information content (AvgIpc) is 3.06. The van der Waals surface area contributed by atoms with E-state index < -0.39 is 0 Å². The summed E-state index contributed by atoms with van der Waals surface area (Å²) in [5.74, 6) is 1.58. The van der Waals surface area contributed by atoms with Crippen molar-refractivity contribution in [1.29, 1.82) is 0 Å². The number of ether oxygens (including phenoxy) is 1. The number of nitrogens with one attached hydrogen (secondary N) is 1. The SMILES string of the molecule is CCOc1ccc(-n2c(NCc3ccc(Cl)cc3)nc3ccc(Cl)cc32)cc1. The van der Waals surface area contributed by atoms with E-state index >= 15 is 0 Å². The molecule has 0 saturated carbocycles. The minimum absolute atomic E-state index is 0.630. The lowest BCUT2D eigenvalue weighted by molar-refractivity contribution is 0.340. The van der Waals surface area contributed by atoms with Crippen LogP contribution in [0.3, 0.4) is 0 Å². The Labute approximate surface area is 173 Å². The van der Waals surface area contributed by atoms with E-state index in [9.17, 15) is 0 Å². The lowest BCUT2D eigenvalue weighted by Gasteiger charge is -2.12. The normalized spacial score (nSPS) is 11.0. The third kappa shape index (κ3) is 3.93. The molecule has 0 spiro atoms. The number of imidazole rings is 1. The molecular weight excluding hydrogens is 393 g/mol. The van der Waals surface area contributed by atoms with Gasteiger partial charge in [-0.25, -0.2) is 4.98 Å². The van der Waals surface area contributed by atoms with Gasteiger partial charge in [0.25, 0.3) is 0 Å². The monoisotopic (exact) mass is 411 g/mol. The van der Waals surface area contributed by atoms with Crippen LogP contribution in [0.2, 0.25) is 10.0 Å². The summed E-state index contributed by atoms with van der Waals surface area (Å²) in [5.41, 5.74) is 3.91. The standard InChI is InChI=1S/C22H19Cl2N3O/c1-2-28-19-10-8-18(9-11-19)27-21-13-17(24)7-12-20(21)26-22(27)25-14-15-3-5-16(23)6-4-15/h3-13H,2,14H2,1H3,(H,25,26). The van der Waals surface area contributed by atoms with Crippen LogP contribution in [0.1, 0.15) is 12.5 Å². The summed E-state index contributed by atoms with van der Waals surface area (Å²) in [5, 5.41) is 4.82. The Kier molecular flexibility index (Phi) is 5.42. The highest BCUT2D eigenvalue weighted by molar-refractivity contribution is 6.31. The molecule has 4 rings (SSSR count). The number of anilines is 1. The first-order chi connectivity index (χ1) is 13.6. The molecule has 0 radical (unpaired) electrons. The molecule has 142 valence electrons. The van der Waals surface area contributed by atoms with Gasteiger partial charge in [-0.1, -0.05) is 35.3 Å². The van der Waals surface area contributed by atoms with Crippen LogP contribution in [-0.4, -0.2) is 16.2 Å². The number of hydrogen-bond acceptors (Lipinski definition) is 3. The van der Waals surface area contributed by atoms with Gasteiger partial charge in [-0.3, -0.25) is 4.57 Å². The van der Waals surface area contributed by atoms with Crippen molar-refractivity contribution in [3.63, 3.8) is 0 Å². The highest BCUT2D eigenvalue weighted by atomic mass is 35.5. The molecule has 0 aliphatic heterocycles. The zero-order valence-electron chi connectivity index (χ0n) is 15.3. The quantitative estimate of drug-likeness (QED) is 0.402. The smallest absolute Gasteiger partial charge is 0.208 e. The Bertz CT molecular complexity index is 1090. The number of halogens is 2. The molecule has 0 fully saturated rings. The van der Waals surface area contributed by atoms with E-state index in [2.05, 4.69) is 9.88 Å². The van der Waals surface area contributed by atoms with Gasteiger partial charge in [-0.15, -0.1) is 0 Å². The largest absolute Gasteiger partial charge is 0.494 e. The van der Waals surface area contributed by atoms with E-state index in [1.807, 2.05) is 73.7 Å². The molecule has 3 aromatic carbocycles. The van der Waals surface area contributed by atoms with Crippen molar-refractivity contribution in [2.24, 2.45) is 0 Å². The molecule has 0 aliphatic carbocycles. The van der Waals surface area contributed by atoms with E-state index in [-0.39, 0.29) is 0 Å². The minimum Gasteiger partial charge on any atom is -0.494 e. The van der Waals surface area contributed by atoms with Gasteiger partial charge < -0.3 is 10.1 Å². The van der Waals surface area contributed by atoms with Gasteiger partial charge in [0.15, 0.2) is 0 Å². The van der Waals surface area contributed by atoms with E-state index in [0.29, 0.717) is 18.2 Å². The van der Waals surface area contributed by atoms with Crippen molar-refractivity contribution < 1.29 is 4.74 Å². The maximum Gasteiger partial charge on any atom is 0.208 e. The van der Waals surface area contributed by atoms with Crippen LogP contribution in [0.25, 0.3) is 16.7 Å². The maximum absolute atomic E-state index is 6.25. The van der Waals surface area contributed by atoms with E-state index in [1.54, 1.807) is 0 Å². The molecule has 0 atom stereocenters. The third-order valence-corrected chi connectivity index (χ3v) is 4.87. The van der Waals surface area contributed by atoms with Gasteiger partial charge in [0, 0.05) is 22.3 Å². The molecule has 28 heavy (non-hydrogen) atoms. The molecule has 0 bridgehead atoms. The lowest BCUT2D eigenvalue weighted by Crippen LogP contribution is -2.06. The second-order valence-corrected chi connectivity index (χ2v) is 7.18. The van der Waals surface area contributed by atoms with Crippen LogP contribution in [0.5, 0.6) is 5.75 Å². The molecule has 0 saturated heterocycles. The fourth-order valence-electron chi connectivity index (χ4n) is 3.07. The highest BCUT2D eigenvalue weighted by Gasteiger charge is 2.13. The van der Waals surface area contributed by atoms with Crippen molar-refractivity contribution in [2.75, 3.05) is 11.9 Å². The molecular formula is C22H19Cl2N3O. The summed E-state index contributed by atoms with van der Waals surface area (Å²) >= 11 is 12.2. The van der Waals surface area contributed by atoms with Gasteiger partial charge in [0.05, 0.1) is 17.6 Å². The lowest BCUT2D eigenvalue weighted by atomic mass is 10.2. The predicted octanol–water partition coefficient (Wildman–Crippen LogP) is 6.34. The molecule has 0 amide bonds. The second-order valence-electron chi connectivity index (χ2n) is 6.31. The zero-order chi connectivity index (χ0) is 19.5. The van der Waals surface area contributed by atoms with Crippen LogP contribution in [0, 0.1) is 0 Å². The Hall–Kier alpha value is -2.69. The minimum atomic E-state index is 0.630. The van der Waals surface area contributed by atoms with Crippen LogP contribution in [0.4, 0.5) is 5.95 Å². The molecule has 1 N–H and O–H groups in total. The summed E-state index contributed by atoms with van der Waals surface area (Å²) in [6.07, 6.45) is 0.